The Morgan fingerprint density at radius 1 is 1.19 bits per heavy atom. The topological polar surface area (TPSA) is 35.8 Å². The first-order chi connectivity index (χ1) is 9.81. The molecule has 2 rings (SSSR count). The second-order valence-electron chi connectivity index (χ2n) is 5.98. The van der Waals surface area contributed by atoms with Crippen molar-refractivity contribution >= 4 is 5.69 Å². The van der Waals surface area contributed by atoms with Gasteiger partial charge in [0.15, 0.2) is 0 Å². The predicted molar refractivity (Wildman–Crippen MR) is 75.7 cm³/mol. The molecule has 1 aliphatic carbocycles. The van der Waals surface area contributed by atoms with Gasteiger partial charge in [-0.2, -0.15) is 18.4 Å². The molecule has 1 aliphatic rings. The molecule has 2 nitrogen and oxygen atoms in total. The van der Waals surface area contributed by atoms with Crippen LogP contribution in [0.25, 0.3) is 0 Å². The minimum atomic E-state index is -4.46. The third-order valence-electron chi connectivity index (χ3n) is 4.41. The summed E-state index contributed by atoms with van der Waals surface area (Å²) in [6.45, 7) is 4.33. The molecule has 21 heavy (non-hydrogen) atoms. The van der Waals surface area contributed by atoms with Crippen LogP contribution in [0.1, 0.15) is 44.2 Å². The minimum absolute atomic E-state index is 0.0264. The van der Waals surface area contributed by atoms with Crippen LogP contribution in [-0.4, -0.2) is 6.04 Å². The van der Waals surface area contributed by atoms with Crippen LogP contribution in [0.3, 0.4) is 0 Å². The Bertz CT molecular complexity index is 545. The average Bonchev–Trinajstić information content (AvgIpc) is 2.42. The highest BCUT2D eigenvalue weighted by atomic mass is 19.4. The quantitative estimate of drug-likeness (QED) is 0.849. The lowest BCUT2D eigenvalue weighted by Gasteiger charge is -2.33. The van der Waals surface area contributed by atoms with E-state index in [1.54, 1.807) is 6.07 Å². The molecule has 1 N–H and O–H groups in total. The van der Waals surface area contributed by atoms with Gasteiger partial charge in [0.05, 0.1) is 17.2 Å². The minimum Gasteiger partial charge on any atom is -0.382 e. The number of nitriles is 1. The van der Waals surface area contributed by atoms with Crippen molar-refractivity contribution in [2.45, 2.75) is 45.3 Å². The van der Waals surface area contributed by atoms with E-state index in [-0.39, 0.29) is 17.3 Å². The second kappa shape index (κ2) is 5.97. The highest BCUT2D eigenvalue weighted by Crippen LogP contribution is 2.37. The third-order valence-corrected chi connectivity index (χ3v) is 4.41. The van der Waals surface area contributed by atoms with Gasteiger partial charge in [-0.15, -0.1) is 0 Å². The molecule has 0 aromatic heterocycles. The highest BCUT2D eigenvalue weighted by Gasteiger charge is 2.35. The van der Waals surface area contributed by atoms with E-state index in [0.29, 0.717) is 11.8 Å². The summed E-state index contributed by atoms with van der Waals surface area (Å²) >= 11 is 0. The largest absolute Gasteiger partial charge is 0.418 e. The molecule has 5 heteroatoms. The summed E-state index contributed by atoms with van der Waals surface area (Å²) in [4.78, 5) is 0. The van der Waals surface area contributed by atoms with Crippen molar-refractivity contribution in [1.29, 1.82) is 5.26 Å². The first kappa shape index (κ1) is 15.7. The van der Waals surface area contributed by atoms with Crippen molar-refractivity contribution in [3.8, 4) is 6.07 Å². The molecular weight excluding hydrogens is 277 g/mol. The van der Waals surface area contributed by atoms with Crippen molar-refractivity contribution in [3.63, 3.8) is 0 Å². The van der Waals surface area contributed by atoms with Gasteiger partial charge >= 0.3 is 6.18 Å². The van der Waals surface area contributed by atoms with Crippen LogP contribution in [0.2, 0.25) is 0 Å². The van der Waals surface area contributed by atoms with E-state index < -0.39 is 11.7 Å². The summed E-state index contributed by atoms with van der Waals surface area (Å²) in [6, 6.07) is 5.52. The zero-order chi connectivity index (χ0) is 15.6. The molecule has 0 heterocycles. The smallest absolute Gasteiger partial charge is 0.382 e. The fourth-order valence-electron chi connectivity index (χ4n) is 2.87. The van der Waals surface area contributed by atoms with Gasteiger partial charge in [-0.05, 0) is 49.3 Å². The zero-order valence-electron chi connectivity index (χ0n) is 12.2. The summed E-state index contributed by atoms with van der Waals surface area (Å²) in [5.41, 5.74) is -0.653. The van der Waals surface area contributed by atoms with E-state index in [0.717, 1.165) is 25.3 Å². The maximum atomic E-state index is 13.1. The van der Waals surface area contributed by atoms with E-state index in [9.17, 15) is 13.2 Å². The molecule has 0 radical (unpaired) electrons. The molecule has 0 spiro atoms. The Labute approximate surface area is 123 Å². The Balaban J connectivity index is 2.22. The number of hydrogen-bond donors (Lipinski definition) is 1. The number of nitrogens with one attached hydrogen (secondary N) is 1. The molecule has 0 bridgehead atoms. The van der Waals surface area contributed by atoms with Crippen LogP contribution in [0.15, 0.2) is 18.2 Å². The van der Waals surface area contributed by atoms with Crippen molar-refractivity contribution in [2.24, 2.45) is 11.8 Å². The molecule has 114 valence electrons. The van der Waals surface area contributed by atoms with Crippen molar-refractivity contribution < 1.29 is 13.2 Å². The van der Waals surface area contributed by atoms with E-state index >= 15 is 0 Å². The SMILES string of the molecule is CC1CCC(Nc2ccc(C#N)cc2C(F)(F)F)CC1C. The summed E-state index contributed by atoms with van der Waals surface area (Å²) in [7, 11) is 0. The molecule has 1 fully saturated rings. The van der Waals surface area contributed by atoms with Crippen molar-refractivity contribution in [1.82, 2.24) is 0 Å². The normalized spacial score (nSPS) is 26.2. The van der Waals surface area contributed by atoms with Gasteiger partial charge in [-0.25, -0.2) is 0 Å². The molecule has 1 aromatic rings. The molecule has 3 unspecified atom stereocenters. The average molecular weight is 296 g/mol. The van der Waals surface area contributed by atoms with E-state index in [1.807, 2.05) is 0 Å². The number of halogens is 3. The lowest BCUT2D eigenvalue weighted by Crippen LogP contribution is -2.31. The van der Waals surface area contributed by atoms with Gasteiger partial charge in [0.1, 0.15) is 0 Å². The number of anilines is 1. The second-order valence-corrected chi connectivity index (χ2v) is 5.98. The van der Waals surface area contributed by atoms with E-state index in [4.69, 9.17) is 5.26 Å². The molecule has 1 saturated carbocycles. The monoisotopic (exact) mass is 296 g/mol. The summed E-state index contributed by atoms with van der Waals surface area (Å²) in [5.74, 6) is 1.12. The van der Waals surface area contributed by atoms with Crippen LogP contribution < -0.4 is 5.32 Å². The standard InChI is InChI=1S/C16H19F3N2/c1-10-3-5-13(7-11(10)2)21-15-6-4-12(9-20)8-14(15)16(17,18)19/h4,6,8,10-11,13,21H,3,5,7H2,1-2H3. The van der Waals surface area contributed by atoms with Gasteiger partial charge in [0.25, 0.3) is 0 Å². The lowest BCUT2D eigenvalue weighted by molar-refractivity contribution is -0.137. The summed E-state index contributed by atoms with van der Waals surface area (Å²) < 4.78 is 39.3. The third kappa shape index (κ3) is 3.69. The zero-order valence-corrected chi connectivity index (χ0v) is 12.2. The van der Waals surface area contributed by atoms with Crippen LogP contribution >= 0.6 is 0 Å². The summed E-state index contributed by atoms with van der Waals surface area (Å²) in [5, 5.41) is 11.8. The Morgan fingerprint density at radius 3 is 2.48 bits per heavy atom. The molecule has 0 aliphatic heterocycles. The first-order valence-electron chi connectivity index (χ1n) is 7.19. The first-order valence-corrected chi connectivity index (χ1v) is 7.19. The number of rotatable bonds is 2. The predicted octanol–water partition coefficient (Wildman–Crippen LogP) is 4.81. The Hall–Kier alpha value is -1.70. The molecule has 0 saturated heterocycles. The van der Waals surface area contributed by atoms with E-state index in [2.05, 4.69) is 19.2 Å². The maximum Gasteiger partial charge on any atom is 0.418 e. The fourth-order valence-corrected chi connectivity index (χ4v) is 2.87. The lowest BCUT2D eigenvalue weighted by atomic mass is 9.79. The van der Waals surface area contributed by atoms with Crippen LogP contribution in [0, 0.1) is 23.2 Å². The van der Waals surface area contributed by atoms with Gasteiger partial charge in [0, 0.05) is 11.7 Å². The molecular formula is C16H19F3N2. The molecule has 0 amide bonds. The van der Waals surface area contributed by atoms with Crippen LogP contribution in [-0.2, 0) is 6.18 Å². The highest BCUT2D eigenvalue weighted by molar-refractivity contribution is 5.56. The van der Waals surface area contributed by atoms with Crippen molar-refractivity contribution in [3.05, 3.63) is 29.3 Å². The number of nitrogens with zero attached hydrogens (tertiary/aromatic N) is 1. The number of hydrogen-bond acceptors (Lipinski definition) is 2. The van der Waals surface area contributed by atoms with Crippen molar-refractivity contribution in [2.75, 3.05) is 5.32 Å². The van der Waals surface area contributed by atoms with Gasteiger partial charge in [0.2, 0.25) is 0 Å². The summed E-state index contributed by atoms with van der Waals surface area (Å²) in [6.07, 6.45) is -1.68. The van der Waals surface area contributed by atoms with Gasteiger partial charge in [-0.1, -0.05) is 13.8 Å². The molecule has 1 aromatic carbocycles. The van der Waals surface area contributed by atoms with E-state index in [1.165, 1.54) is 12.1 Å². The fraction of sp³-hybridized carbons (Fsp3) is 0.562. The molecule has 3 atom stereocenters. The Kier molecular flexibility index (Phi) is 4.46. The number of benzene rings is 1. The number of alkyl halides is 3. The van der Waals surface area contributed by atoms with Gasteiger partial charge in [-0.3, -0.25) is 0 Å². The Morgan fingerprint density at radius 2 is 1.90 bits per heavy atom. The van der Waals surface area contributed by atoms with Crippen LogP contribution in [0.5, 0.6) is 0 Å². The van der Waals surface area contributed by atoms with Gasteiger partial charge < -0.3 is 5.32 Å². The maximum absolute atomic E-state index is 13.1. The van der Waals surface area contributed by atoms with Crippen LogP contribution in [0.4, 0.5) is 18.9 Å².